The fourth-order valence-corrected chi connectivity index (χ4v) is 4.23. The van der Waals surface area contributed by atoms with Gasteiger partial charge in [0.25, 0.3) is 5.91 Å². The summed E-state index contributed by atoms with van der Waals surface area (Å²) in [5, 5.41) is 2.75. The Morgan fingerprint density at radius 2 is 1.93 bits per heavy atom. The van der Waals surface area contributed by atoms with Crippen molar-refractivity contribution in [3.63, 3.8) is 0 Å². The summed E-state index contributed by atoms with van der Waals surface area (Å²) in [4.78, 5) is 26.2. The van der Waals surface area contributed by atoms with Crippen LogP contribution >= 0.6 is 0 Å². The normalized spacial score (nSPS) is 15.6. The van der Waals surface area contributed by atoms with Crippen LogP contribution in [-0.2, 0) is 19.6 Å². The van der Waals surface area contributed by atoms with Crippen molar-refractivity contribution in [2.75, 3.05) is 39.4 Å². The van der Waals surface area contributed by atoms with Crippen LogP contribution in [0.15, 0.2) is 29.2 Å². The summed E-state index contributed by atoms with van der Waals surface area (Å²) < 4.78 is 32.1. The van der Waals surface area contributed by atoms with Gasteiger partial charge in [0.1, 0.15) is 0 Å². The number of carbonyl (C=O) groups is 2. The standard InChI is InChI=1S/C18H27N3O5S/c1-4-20(13-17(22)19-14(2)3)18(23)15-6-5-7-16(12-15)27(24,25)21-8-10-26-11-9-21/h5-7,12,14H,4,8-11,13H2,1-3H3,(H,19,22). The van der Waals surface area contributed by atoms with Crippen LogP contribution < -0.4 is 5.32 Å². The quantitative estimate of drug-likeness (QED) is 0.730. The van der Waals surface area contributed by atoms with Crippen molar-refractivity contribution in [3.8, 4) is 0 Å². The van der Waals surface area contributed by atoms with Gasteiger partial charge in [-0.1, -0.05) is 6.07 Å². The summed E-state index contributed by atoms with van der Waals surface area (Å²) in [5.41, 5.74) is 0.239. The first kappa shape index (κ1) is 21.3. The highest BCUT2D eigenvalue weighted by molar-refractivity contribution is 7.89. The van der Waals surface area contributed by atoms with Gasteiger partial charge in [0.15, 0.2) is 0 Å². The van der Waals surface area contributed by atoms with Crippen molar-refractivity contribution < 1.29 is 22.7 Å². The highest BCUT2D eigenvalue weighted by Crippen LogP contribution is 2.19. The van der Waals surface area contributed by atoms with E-state index in [9.17, 15) is 18.0 Å². The summed E-state index contributed by atoms with van der Waals surface area (Å²) >= 11 is 0. The van der Waals surface area contributed by atoms with Crippen molar-refractivity contribution in [1.29, 1.82) is 0 Å². The molecule has 1 aliphatic rings. The summed E-state index contributed by atoms with van der Waals surface area (Å²) in [7, 11) is -3.69. The van der Waals surface area contributed by atoms with Crippen LogP contribution in [-0.4, -0.2) is 74.9 Å². The predicted molar refractivity (Wildman–Crippen MR) is 101 cm³/mol. The molecule has 0 unspecified atom stereocenters. The maximum Gasteiger partial charge on any atom is 0.254 e. The molecule has 27 heavy (non-hydrogen) atoms. The van der Waals surface area contributed by atoms with Gasteiger partial charge in [-0.25, -0.2) is 8.42 Å². The molecule has 0 bridgehead atoms. The molecule has 0 radical (unpaired) electrons. The van der Waals surface area contributed by atoms with Crippen LogP contribution in [0.1, 0.15) is 31.1 Å². The Kier molecular flexibility index (Phi) is 7.34. The minimum absolute atomic E-state index is 0.0201. The van der Waals surface area contributed by atoms with Crippen LogP contribution in [0.25, 0.3) is 0 Å². The van der Waals surface area contributed by atoms with Crippen molar-refractivity contribution in [2.24, 2.45) is 0 Å². The summed E-state index contributed by atoms with van der Waals surface area (Å²) in [6.07, 6.45) is 0. The summed E-state index contributed by atoms with van der Waals surface area (Å²) in [6, 6.07) is 5.93. The third-order valence-corrected chi connectivity index (χ3v) is 6.04. The van der Waals surface area contributed by atoms with Crippen molar-refractivity contribution in [1.82, 2.24) is 14.5 Å². The summed E-state index contributed by atoms with van der Waals surface area (Å²) in [6.45, 7) is 7.01. The van der Waals surface area contributed by atoms with Crippen LogP contribution in [0.2, 0.25) is 0 Å². The lowest BCUT2D eigenvalue weighted by Crippen LogP contribution is -2.42. The van der Waals surface area contributed by atoms with E-state index in [0.717, 1.165) is 0 Å². The van der Waals surface area contributed by atoms with Gasteiger partial charge in [-0.3, -0.25) is 9.59 Å². The molecule has 1 heterocycles. The topological polar surface area (TPSA) is 96.0 Å². The Morgan fingerprint density at radius 1 is 1.26 bits per heavy atom. The zero-order valence-corrected chi connectivity index (χ0v) is 16.8. The van der Waals surface area contributed by atoms with Crippen LogP contribution in [0.4, 0.5) is 0 Å². The number of hydrogen-bond donors (Lipinski definition) is 1. The van der Waals surface area contributed by atoms with Gasteiger partial charge in [-0.15, -0.1) is 0 Å². The zero-order valence-electron chi connectivity index (χ0n) is 16.0. The van der Waals surface area contributed by atoms with E-state index < -0.39 is 10.0 Å². The number of morpholine rings is 1. The fourth-order valence-electron chi connectivity index (χ4n) is 2.78. The number of rotatable bonds is 7. The minimum atomic E-state index is -3.69. The maximum atomic E-state index is 12.8. The van der Waals surface area contributed by atoms with Crippen molar-refractivity contribution >= 4 is 21.8 Å². The van der Waals surface area contributed by atoms with Crippen molar-refractivity contribution in [3.05, 3.63) is 29.8 Å². The van der Waals surface area contributed by atoms with Gasteiger partial charge in [0, 0.05) is 31.2 Å². The second-order valence-electron chi connectivity index (χ2n) is 6.59. The first-order valence-corrected chi connectivity index (χ1v) is 10.5. The number of ether oxygens (including phenoxy) is 1. The van der Waals surface area contributed by atoms with E-state index in [4.69, 9.17) is 4.74 Å². The first-order valence-electron chi connectivity index (χ1n) is 9.02. The molecule has 0 spiro atoms. The van der Waals surface area contributed by atoms with Gasteiger partial charge in [0.05, 0.1) is 24.7 Å². The third-order valence-electron chi connectivity index (χ3n) is 4.14. The molecule has 1 saturated heterocycles. The van der Waals surface area contributed by atoms with Gasteiger partial charge < -0.3 is 15.0 Å². The lowest BCUT2D eigenvalue weighted by Gasteiger charge is -2.26. The van der Waals surface area contributed by atoms with E-state index in [1.54, 1.807) is 19.1 Å². The van der Waals surface area contributed by atoms with E-state index >= 15 is 0 Å². The smallest absolute Gasteiger partial charge is 0.254 e. The van der Waals surface area contributed by atoms with Crippen LogP contribution in [0, 0.1) is 0 Å². The molecule has 0 saturated carbocycles. The maximum absolute atomic E-state index is 12.8. The Bertz CT molecular complexity index is 773. The lowest BCUT2D eigenvalue weighted by molar-refractivity contribution is -0.122. The molecule has 2 rings (SSSR count). The number of nitrogens with one attached hydrogen (secondary N) is 1. The highest BCUT2D eigenvalue weighted by Gasteiger charge is 2.27. The van der Waals surface area contributed by atoms with E-state index in [0.29, 0.717) is 19.8 Å². The van der Waals surface area contributed by atoms with Crippen molar-refractivity contribution in [2.45, 2.75) is 31.7 Å². The number of likely N-dealkylation sites (N-methyl/N-ethyl adjacent to an activating group) is 1. The Labute approximate surface area is 160 Å². The summed E-state index contributed by atoms with van der Waals surface area (Å²) in [5.74, 6) is -0.632. The first-order chi connectivity index (χ1) is 12.8. The Hall–Kier alpha value is -1.97. The largest absolute Gasteiger partial charge is 0.379 e. The van der Waals surface area contributed by atoms with Crippen LogP contribution in [0.3, 0.4) is 0 Å². The Balaban J connectivity index is 2.19. The van der Waals surface area contributed by atoms with Gasteiger partial charge in [-0.05, 0) is 39.0 Å². The number of carbonyl (C=O) groups excluding carboxylic acids is 2. The van der Waals surface area contributed by atoms with Crippen LogP contribution in [0.5, 0.6) is 0 Å². The van der Waals surface area contributed by atoms with Gasteiger partial charge in [-0.2, -0.15) is 4.31 Å². The monoisotopic (exact) mass is 397 g/mol. The molecule has 0 aromatic heterocycles. The molecule has 1 fully saturated rings. The molecule has 2 amide bonds. The second-order valence-corrected chi connectivity index (χ2v) is 8.52. The molecule has 1 aromatic rings. The molecule has 0 aliphatic carbocycles. The number of amides is 2. The number of nitrogens with zero attached hydrogens (tertiary/aromatic N) is 2. The molecular formula is C18H27N3O5S. The van der Waals surface area contributed by atoms with E-state index in [2.05, 4.69) is 5.32 Å². The highest BCUT2D eigenvalue weighted by atomic mass is 32.2. The second kappa shape index (κ2) is 9.29. The minimum Gasteiger partial charge on any atom is -0.379 e. The molecule has 1 aromatic carbocycles. The molecule has 1 N–H and O–H groups in total. The Morgan fingerprint density at radius 3 is 2.52 bits per heavy atom. The average Bonchev–Trinajstić information content (AvgIpc) is 2.65. The average molecular weight is 397 g/mol. The third kappa shape index (κ3) is 5.50. The number of hydrogen-bond acceptors (Lipinski definition) is 5. The SMILES string of the molecule is CCN(CC(=O)NC(C)C)C(=O)c1cccc(S(=O)(=O)N2CCOCC2)c1. The van der Waals surface area contributed by atoms with Gasteiger partial charge >= 0.3 is 0 Å². The van der Waals surface area contributed by atoms with Gasteiger partial charge in [0.2, 0.25) is 15.9 Å². The molecule has 9 heteroatoms. The van der Waals surface area contributed by atoms with E-state index in [1.807, 2.05) is 13.8 Å². The zero-order chi connectivity index (χ0) is 20.0. The molecule has 8 nitrogen and oxygen atoms in total. The molecule has 150 valence electrons. The number of benzene rings is 1. The number of sulfonamides is 1. The predicted octanol–water partition coefficient (Wildman–Crippen LogP) is 0.694. The van der Waals surface area contributed by atoms with E-state index in [1.165, 1.54) is 21.3 Å². The molecular weight excluding hydrogens is 370 g/mol. The fraction of sp³-hybridized carbons (Fsp3) is 0.556. The van der Waals surface area contributed by atoms with E-state index in [-0.39, 0.29) is 47.9 Å². The lowest BCUT2D eigenvalue weighted by atomic mass is 10.2. The molecule has 0 atom stereocenters. The molecule has 1 aliphatic heterocycles.